The van der Waals surface area contributed by atoms with Crippen molar-refractivity contribution in [1.82, 2.24) is 4.98 Å². The fourth-order valence-electron chi connectivity index (χ4n) is 3.84. The zero-order chi connectivity index (χ0) is 23.5. The first-order chi connectivity index (χ1) is 16.1. The van der Waals surface area contributed by atoms with Gasteiger partial charge in [-0.3, -0.25) is 9.36 Å². The minimum Gasteiger partial charge on any atom is -0.466 e. The lowest BCUT2D eigenvalue weighted by Gasteiger charge is -2.33. The van der Waals surface area contributed by atoms with Crippen molar-refractivity contribution in [2.45, 2.75) is 43.5 Å². The normalized spacial score (nSPS) is 14.1. The molecule has 0 aliphatic carbocycles. The number of benzene rings is 2. The van der Waals surface area contributed by atoms with E-state index in [-0.39, 0.29) is 21.0 Å². The number of hydrogen-bond acceptors (Lipinski definition) is 6. The Hall–Kier alpha value is -2.27. The lowest BCUT2D eigenvalue weighted by molar-refractivity contribution is -0.155. The second-order valence-corrected chi connectivity index (χ2v) is 9.62. The number of rotatable bonds is 13. The van der Waals surface area contributed by atoms with Gasteiger partial charge >= 0.3 is 5.97 Å². The summed E-state index contributed by atoms with van der Waals surface area (Å²) in [5.41, 5.74) is 2.10. The van der Waals surface area contributed by atoms with E-state index < -0.39 is 11.3 Å². The molecule has 0 fully saturated rings. The van der Waals surface area contributed by atoms with Gasteiger partial charge in [-0.05, 0) is 50.8 Å². The van der Waals surface area contributed by atoms with Crippen molar-refractivity contribution >= 4 is 37.1 Å². The van der Waals surface area contributed by atoms with Gasteiger partial charge in [0.15, 0.2) is 13.8 Å². The van der Waals surface area contributed by atoms with Crippen molar-refractivity contribution in [1.29, 1.82) is 0 Å². The van der Waals surface area contributed by atoms with Gasteiger partial charge in [0.2, 0.25) is 0 Å². The number of aryl methyl sites for hydroxylation is 1. The zero-order valence-corrected chi connectivity index (χ0v) is 20.8. The molecule has 174 valence electrons. The summed E-state index contributed by atoms with van der Waals surface area (Å²) in [5, 5.41) is 0.675. The molecule has 0 radical (unpaired) electrons. The molecule has 0 aliphatic rings. The summed E-state index contributed by atoms with van der Waals surface area (Å²) < 4.78 is 24.0. The number of ether oxygens (including phenoxy) is 2. The predicted molar refractivity (Wildman–Crippen MR) is 134 cm³/mol. The number of hydrogen-bond donors (Lipinski definition) is 0. The molecule has 1 heterocycles. The molecule has 0 aliphatic heterocycles. The Bertz CT molecular complexity index is 1050. The molecule has 0 saturated heterocycles. The van der Waals surface area contributed by atoms with Gasteiger partial charge in [-0.2, -0.15) is 0 Å². The lowest BCUT2D eigenvalue weighted by Crippen LogP contribution is -2.43. The number of nitrogens with zero attached hydrogens (tertiary/aromatic N) is 1. The van der Waals surface area contributed by atoms with E-state index in [1.807, 2.05) is 61.5 Å². The summed E-state index contributed by atoms with van der Waals surface area (Å²) in [7, 11) is -0.228. The molecule has 3 rings (SSSR count). The summed E-state index contributed by atoms with van der Waals surface area (Å²) in [4.78, 5) is 17.7. The van der Waals surface area contributed by atoms with E-state index in [4.69, 9.17) is 14.5 Å². The Morgan fingerprint density at radius 3 is 2.52 bits per heavy atom. The van der Waals surface area contributed by atoms with E-state index in [0.717, 1.165) is 28.8 Å². The highest BCUT2D eigenvalue weighted by Gasteiger charge is 2.46. The maximum absolute atomic E-state index is 13.0. The molecule has 3 aromatic rings. The number of thioether (sulfide) groups is 1. The Kier molecular flexibility index (Phi) is 9.86. The molecule has 1 aromatic heterocycles. The van der Waals surface area contributed by atoms with Crippen LogP contribution in [0, 0.1) is 5.92 Å². The molecule has 0 bridgehead atoms. The van der Waals surface area contributed by atoms with Crippen LogP contribution in [0.25, 0.3) is 10.9 Å². The minimum absolute atomic E-state index is 0.228. The summed E-state index contributed by atoms with van der Waals surface area (Å²) in [6.07, 6.45) is 2.11. The van der Waals surface area contributed by atoms with Crippen molar-refractivity contribution in [3.63, 3.8) is 0 Å². The van der Waals surface area contributed by atoms with Gasteiger partial charge in [0.1, 0.15) is 0 Å². The van der Waals surface area contributed by atoms with Gasteiger partial charge in [0, 0.05) is 17.7 Å². The van der Waals surface area contributed by atoms with E-state index in [1.54, 1.807) is 6.92 Å². The van der Waals surface area contributed by atoms with E-state index in [2.05, 4.69) is 12.1 Å². The van der Waals surface area contributed by atoms with Gasteiger partial charge in [-0.25, -0.2) is 4.98 Å². The third kappa shape index (κ3) is 6.86. The molecule has 0 saturated carbocycles. The third-order valence-corrected chi connectivity index (χ3v) is 7.68. The predicted octanol–water partition coefficient (Wildman–Crippen LogP) is 6.55. The molecule has 0 N–H and O–H groups in total. The standard InChI is InChI=1S/C26H30NO4PS/c1-3-30-25(28)22(15-10-13-20-11-6-5-7-12-20)26(32-29,31-4-2)19-33-24-18-17-21-14-8-9-16-23(21)27-24/h5-9,11-12,14,16-18,22H,3-4,10,13,15,19H2,1-2H3. The number of pyridine rings is 1. The summed E-state index contributed by atoms with van der Waals surface area (Å²) in [6, 6.07) is 22.0. The molecule has 7 heteroatoms. The average molecular weight is 484 g/mol. The number of carbonyl (C=O) groups is 1. The first kappa shape index (κ1) is 25.4. The highest BCUT2D eigenvalue weighted by molar-refractivity contribution is 7.99. The Balaban J connectivity index is 1.79. The zero-order valence-electron chi connectivity index (χ0n) is 19.1. The van der Waals surface area contributed by atoms with Crippen LogP contribution >= 0.6 is 20.2 Å². The number of para-hydroxylation sites is 1. The maximum atomic E-state index is 13.0. The lowest BCUT2D eigenvalue weighted by atomic mass is 9.94. The van der Waals surface area contributed by atoms with Crippen LogP contribution in [0.2, 0.25) is 0 Å². The summed E-state index contributed by atoms with van der Waals surface area (Å²) in [5.74, 6) is -0.686. The largest absolute Gasteiger partial charge is 0.466 e. The highest BCUT2D eigenvalue weighted by atomic mass is 32.2. The van der Waals surface area contributed by atoms with Crippen LogP contribution in [-0.2, 0) is 25.3 Å². The van der Waals surface area contributed by atoms with Crippen LogP contribution in [0.5, 0.6) is 0 Å². The molecular formula is C26H30NO4PS. The molecule has 0 amide bonds. The molecule has 5 nitrogen and oxygen atoms in total. The van der Waals surface area contributed by atoms with Crippen LogP contribution in [0.4, 0.5) is 0 Å². The number of carbonyl (C=O) groups excluding carboxylic acids is 1. The fraction of sp³-hybridized carbons (Fsp3) is 0.385. The molecule has 2 unspecified atom stereocenters. The average Bonchev–Trinajstić information content (AvgIpc) is 2.85. The smallest absolute Gasteiger partial charge is 0.312 e. The molecule has 2 atom stereocenters. The quantitative estimate of drug-likeness (QED) is 0.156. The van der Waals surface area contributed by atoms with Crippen LogP contribution < -0.4 is 0 Å². The first-order valence-electron chi connectivity index (χ1n) is 11.3. The molecule has 33 heavy (non-hydrogen) atoms. The number of esters is 1. The highest BCUT2D eigenvalue weighted by Crippen LogP contribution is 2.41. The Morgan fingerprint density at radius 2 is 1.79 bits per heavy atom. The van der Waals surface area contributed by atoms with E-state index in [9.17, 15) is 9.36 Å². The molecular weight excluding hydrogens is 453 g/mol. The Labute approximate surface area is 201 Å². The second-order valence-electron chi connectivity index (χ2n) is 7.68. The topological polar surface area (TPSA) is 65.5 Å². The number of fused-ring (bicyclic) bond motifs is 1. The number of aromatic nitrogens is 1. The van der Waals surface area contributed by atoms with Crippen molar-refractivity contribution < 1.29 is 18.8 Å². The second kappa shape index (κ2) is 12.8. The van der Waals surface area contributed by atoms with Gasteiger partial charge in [0.05, 0.1) is 23.1 Å². The molecule has 2 aromatic carbocycles. The van der Waals surface area contributed by atoms with E-state index in [1.165, 1.54) is 17.3 Å². The van der Waals surface area contributed by atoms with Crippen LogP contribution in [0.15, 0.2) is 71.8 Å². The third-order valence-electron chi connectivity index (χ3n) is 5.47. The van der Waals surface area contributed by atoms with Gasteiger partial charge in [-0.15, -0.1) is 11.8 Å². The maximum Gasteiger partial charge on any atom is 0.312 e. The summed E-state index contributed by atoms with van der Waals surface area (Å²) >= 11 is 1.45. The van der Waals surface area contributed by atoms with Crippen molar-refractivity contribution in [3.05, 3.63) is 72.3 Å². The fourth-order valence-corrected chi connectivity index (χ4v) is 5.75. The minimum atomic E-state index is -1.18. The first-order valence-corrected chi connectivity index (χ1v) is 13.1. The van der Waals surface area contributed by atoms with Gasteiger partial charge < -0.3 is 9.47 Å². The van der Waals surface area contributed by atoms with E-state index >= 15 is 0 Å². The SMILES string of the molecule is CCOC(=O)C(CCCc1ccccc1)C(CSc1ccc2ccccc2n1)(OCC)P=O. The molecule has 0 spiro atoms. The van der Waals surface area contributed by atoms with Crippen LogP contribution in [0.1, 0.15) is 32.3 Å². The monoisotopic (exact) mass is 483 g/mol. The van der Waals surface area contributed by atoms with Gasteiger partial charge in [-0.1, -0.05) is 54.6 Å². The van der Waals surface area contributed by atoms with Gasteiger partial charge in [0.25, 0.3) is 0 Å². The van der Waals surface area contributed by atoms with Crippen molar-refractivity contribution in [2.24, 2.45) is 5.92 Å². The van der Waals surface area contributed by atoms with E-state index in [0.29, 0.717) is 18.8 Å². The van der Waals surface area contributed by atoms with Crippen LogP contribution in [-0.4, -0.2) is 35.3 Å². The summed E-state index contributed by atoms with van der Waals surface area (Å²) in [6.45, 7) is 4.25. The van der Waals surface area contributed by atoms with Crippen LogP contribution in [0.3, 0.4) is 0 Å². The van der Waals surface area contributed by atoms with Crippen molar-refractivity contribution in [2.75, 3.05) is 19.0 Å². The Morgan fingerprint density at radius 1 is 1.03 bits per heavy atom. The van der Waals surface area contributed by atoms with Crippen molar-refractivity contribution in [3.8, 4) is 0 Å².